The second-order valence-electron chi connectivity index (χ2n) is 5.00. The van der Waals surface area contributed by atoms with Crippen molar-refractivity contribution in [1.29, 1.82) is 0 Å². The first-order valence-corrected chi connectivity index (χ1v) is 6.32. The van der Waals surface area contributed by atoms with Crippen molar-refractivity contribution in [1.82, 2.24) is 0 Å². The number of nitro groups is 1. The largest absolute Gasteiger partial charge is 0.264 e. The van der Waals surface area contributed by atoms with Crippen molar-refractivity contribution in [3.8, 4) is 0 Å². The smallest absolute Gasteiger partial charge is 0.257 e. The van der Waals surface area contributed by atoms with Gasteiger partial charge in [-0.15, -0.1) is 0 Å². The minimum Gasteiger partial charge on any atom is -0.264 e. The summed E-state index contributed by atoms with van der Waals surface area (Å²) in [5.74, 6) is 0. The molecule has 0 fully saturated rings. The lowest BCUT2D eigenvalue weighted by atomic mass is 9.80. The molecule has 0 radical (unpaired) electrons. The Morgan fingerprint density at radius 2 is 2.11 bits per heavy atom. The number of rotatable bonds is 1. The van der Waals surface area contributed by atoms with Crippen molar-refractivity contribution < 1.29 is 4.92 Å². The first-order chi connectivity index (χ1) is 9.25. The summed E-state index contributed by atoms with van der Waals surface area (Å²) >= 11 is 0. The van der Waals surface area contributed by atoms with Crippen molar-refractivity contribution in [2.75, 3.05) is 0 Å². The van der Waals surface area contributed by atoms with Crippen LogP contribution in [0.2, 0.25) is 0 Å². The molecule has 92 valence electrons. The molecule has 0 aromatic heterocycles. The van der Waals surface area contributed by atoms with Crippen molar-refractivity contribution in [3.63, 3.8) is 0 Å². The van der Waals surface area contributed by atoms with Gasteiger partial charge < -0.3 is 0 Å². The summed E-state index contributed by atoms with van der Waals surface area (Å²) in [5, 5.41) is 13.6. The van der Waals surface area contributed by atoms with Gasteiger partial charge in [0.25, 0.3) is 6.04 Å². The molecule has 0 saturated carbocycles. The Bertz CT molecular complexity index is 787. The fourth-order valence-electron chi connectivity index (χ4n) is 3.15. The molecule has 4 rings (SSSR count). The zero-order valence-electron chi connectivity index (χ0n) is 10.2. The van der Waals surface area contributed by atoms with Crippen LogP contribution in [0.25, 0.3) is 16.3 Å². The van der Waals surface area contributed by atoms with E-state index in [1.165, 1.54) is 16.3 Å². The van der Waals surface area contributed by atoms with Crippen molar-refractivity contribution >= 4 is 16.3 Å². The van der Waals surface area contributed by atoms with E-state index in [0.29, 0.717) is 0 Å². The lowest BCUT2D eigenvalue weighted by molar-refractivity contribution is -0.515. The molecule has 0 amide bonds. The number of nitrogens with zero attached hydrogens (tertiary/aromatic N) is 1. The highest BCUT2D eigenvalue weighted by atomic mass is 16.6. The molecule has 0 aliphatic heterocycles. The lowest BCUT2D eigenvalue weighted by Gasteiger charge is -2.24. The molecule has 2 aliphatic carbocycles. The molecule has 1 atom stereocenters. The van der Waals surface area contributed by atoms with Crippen LogP contribution in [0, 0.1) is 10.1 Å². The molecule has 3 heteroatoms. The summed E-state index contributed by atoms with van der Waals surface area (Å²) in [7, 11) is 0. The molecular weight excluding hydrogens is 238 g/mol. The molecule has 3 nitrogen and oxygen atoms in total. The van der Waals surface area contributed by atoms with Gasteiger partial charge in [-0.3, -0.25) is 10.1 Å². The zero-order chi connectivity index (χ0) is 13.0. The number of hydrogen-bond acceptors (Lipinski definition) is 2. The summed E-state index contributed by atoms with van der Waals surface area (Å²) in [5.41, 5.74) is 4.26. The normalized spacial score (nSPS) is 19.4. The third-order valence-corrected chi connectivity index (χ3v) is 4.00. The van der Waals surface area contributed by atoms with Crippen LogP contribution in [-0.2, 0) is 6.42 Å². The molecular formula is C16H11NO2. The number of benzene rings is 2. The Morgan fingerprint density at radius 1 is 1.21 bits per heavy atom. The van der Waals surface area contributed by atoms with E-state index in [0.717, 1.165) is 23.1 Å². The highest BCUT2D eigenvalue weighted by molar-refractivity contribution is 6.02. The Morgan fingerprint density at radius 3 is 2.95 bits per heavy atom. The summed E-state index contributed by atoms with van der Waals surface area (Å²) < 4.78 is 0. The van der Waals surface area contributed by atoms with Gasteiger partial charge in [0.15, 0.2) is 0 Å². The minimum absolute atomic E-state index is 0.220. The quantitative estimate of drug-likeness (QED) is 0.571. The van der Waals surface area contributed by atoms with Gasteiger partial charge in [0, 0.05) is 10.5 Å². The van der Waals surface area contributed by atoms with E-state index in [-0.39, 0.29) is 4.92 Å². The van der Waals surface area contributed by atoms with E-state index in [2.05, 4.69) is 18.2 Å². The van der Waals surface area contributed by atoms with Crippen LogP contribution in [0.15, 0.2) is 48.6 Å². The summed E-state index contributed by atoms with van der Waals surface area (Å²) in [6.07, 6.45) is 6.64. The maximum Gasteiger partial charge on any atom is 0.257 e. The lowest BCUT2D eigenvalue weighted by Crippen LogP contribution is -2.15. The molecule has 0 spiro atoms. The molecule has 1 unspecified atom stereocenters. The summed E-state index contributed by atoms with van der Waals surface area (Å²) in [4.78, 5) is 11.0. The second kappa shape index (κ2) is 3.54. The van der Waals surface area contributed by atoms with Gasteiger partial charge in [-0.05, 0) is 40.0 Å². The van der Waals surface area contributed by atoms with E-state index in [4.69, 9.17) is 0 Å². The van der Waals surface area contributed by atoms with Crippen LogP contribution in [-0.4, -0.2) is 4.92 Å². The third kappa shape index (κ3) is 1.32. The number of allylic oxidation sites excluding steroid dienone is 3. The van der Waals surface area contributed by atoms with E-state index < -0.39 is 6.04 Å². The van der Waals surface area contributed by atoms with Crippen LogP contribution in [0.1, 0.15) is 22.7 Å². The molecule has 2 aromatic carbocycles. The van der Waals surface area contributed by atoms with E-state index in [1.54, 1.807) is 6.08 Å². The van der Waals surface area contributed by atoms with Crippen LogP contribution < -0.4 is 0 Å². The Kier molecular flexibility index (Phi) is 1.96. The average molecular weight is 249 g/mol. The van der Waals surface area contributed by atoms with E-state index in [1.807, 2.05) is 24.3 Å². The Balaban J connectivity index is 2.14. The van der Waals surface area contributed by atoms with Gasteiger partial charge in [0.05, 0.1) is 0 Å². The first kappa shape index (κ1) is 10.5. The highest BCUT2D eigenvalue weighted by Crippen LogP contribution is 2.42. The Labute approximate surface area is 110 Å². The maximum absolute atomic E-state index is 11.2. The van der Waals surface area contributed by atoms with Gasteiger partial charge in [0.1, 0.15) is 0 Å². The van der Waals surface area contributed by atoms with Gasteiger partial charge in [-0.1, -0.05) is 42.5 Å². The van der Waals surface area contributed by atoms with E-state index in [9.17, 15) is 10.1 Å². The highest BCUT2D eigenvalue weighted by Gasteiger charge is 2.30. The van der Waals surface area contributed by atoms with Crippen molar-refractivity contribution in [2.45, 2.75) is 12.5 Å². The topological polar surface area (TPSA) is 43.1 Å². The van der Waals surface area contributed by atoms with Crippen LogP contribution in [0.3, 0.4) is 0 Å². The predicted molar refractivity (Wildman–Crippen MR) is 74.5 cm³/mol. The molecule has 0 bridgehead atoms. The minimum atomic E-state index is -0.720. The first-order valence-electron chi connectivity index (χ1n) is 6.32. The monoisotopic (exact) mass is 249 g/mol. The maximum atomic E-state index is 11.2. The molecule has 0 saturated heterocycles. The second-order valence-corrected chi connectivity index (χ2v) is 5.00. The third-order valence-electron chi connectivity index (χ3n) is 4.00. The number of hydrogen-bond donors (Lipinski definition) is 0. The van der Waals surface area contributed by atoms with Gasteiger partial charge in [0.2, 0.25) is 0 Å². The van der Waals surface area contributed by atoms with Gasteiger partial charge >= 0.3 is 0 Å². The van der Waals surface area contributed by atoms with Crippen LogP contribution in [0.5, 0.6) is 0 Å². The SMILES string of the molecule is O=[N+]([O-])C1C=CC2=CCc3cccc4ccc1c2c34. The van der Waals surface area contributed by atoms with E-state index >= 15 is 0 Å². The summed E-state index contributed by atoms with van der Waals surface area (Å²) in [6.45, 7) is 0. The molecule has 2 aliphatic rings. The molecule has 0 N–H and O–H groups in total. The molecule has 2 aromatic rings. The van der Waals surface area contributed by atoms with Gasteiger partial charge in [-0.2, -0.15) is 0 Å². The van der Waals surface area contributed by atoms with Crippen molar-refractivity contribution in [2.24, 2.45) is 0 Å². The standard InChI is InChI=1S/C16H11NO2/c18-17(19)14-9-7-12-5-4-10-2-1-3-11-6-8-13(14)16(12)15(10)11/h1-3,5-9,14H,4H2. The van der Waals surface area contributed by atoms with Crippen LogP contribution in [0.4, 0.5) is 0 Å². The average Bonchev–Trinajstić information content (AvgIpc) is 2.44. The molecule has 19 heavy (non-hydrogen) atoms. The van der Waals surface area contributed by atoms with Crippen molar-refractivity contribution in [3.05, 3.63) is 75.4 Å². The van der Waals surface area contributed by atoms with Gasteiger partial charge in [-0.25, -0.2) is 0 Å². The summed E-state index contributed by atoms with van der Waals surface area (Å²) in [6, 6.07) is 9.40. The predicted octanol–water partition coefficient (Wildman–Crippen LogP) is 3.67. The zero-order valence-corrected chi connectivity index (χ0v) is 10.2. The van der Waals surface area contributed by atoms with Crippen LogP contribution >= 0.6 is 0 Å². The fourth-order valence-corrected chi connectivity index (χ4v) is 3.15. The fraction of sp³-hybridized carbons (Fsp3) is 0.125. The molecule has 0 heterocycles. The Hall–Kier alpha value is -2.42.